The van der Waals surface area contributed by atoms with Crippen LogP contribution in [0.25, 0.3) is 11.3 Å². The number of likely N-dealkylation sites (N-methyl/N-ethyl adjacent to an activating group) is 1. The average molecular weight is 401 g/mol. The number of rotatable bonds is 7. The number of anilines is 2. The number of nitrogens with one attached hydrogen (secondary N) is 1. The van der Waals surface area contributed by atoms with Gasteiger partial charge in [-0.25, -0.2) is 9.97 Å². The van der Waals surface area contributed by atoms with E-state index >= 15 is 0 Å². The second-order valence-electron chi connectivity index (χ2n) is 6.78. The third kappa shape index (κ3) is 4.52. The summed E-state index contributed by atoms with van der Waals surface area (Å²) in [7, 11) is 1.73. The Morgan fingerprint density at radius 3 is 2.57 bits per heavy atom. The Balaban J connectivity index is 1.81. The monoisotopic (exact) mass is 401 g/mol. The maximum absolute atomic E-state index is 12.3. The van der Waals surface area contributed by atoms with Gasteiger partial charge in [-0.1, -0.05) is 18.2 Å². The first kappa shape index (κ1) is 20.7. The molecule has 0 radical (unpaired) electrons. The SMILES string of the molecule is C=CCN(C)C(=O)c1ccc(Nc2nccc(-c3cccc(C(N)=O)c3C)n2)cc1. The lowest BCUT2D eigenvalue weighted by Gasteiger charge is -2.15. The van der Waals surface area contributed by atoms with Gasteiger partial charge in [0.05, 0.1) is 5.69 Å². The van der Waals surface area contributed by atoms with Gasteiger partial charge in [-0.15, -0.1) is 6.58 Å². The van der Waals surface area contributed by atoms with Crippen LogP contribution in [0, 0.1) is 6.92 Å². The number of hydrogen-bond donors (Lipinski definition) is 2. The van der Waals surface area contributed by atoms with Gasteiger partial charge < -0.3 is 16.0 Å². The van der Waals surface area contributed by atoms with Crippen molar-refractivity contribution in [2.24, 2.45) is 5.73 Å². The van der Waals surface area contributed by atoms with E-state index in [0.717, 1.165) is 16.8 Å². The van der Waals surface area contributed by atoms with Gasteiger partial charge in [0.2, 0.25) is 11.9 Å². The summed E-state index contributed by atoms with van der Waals surface area (Å²) in [6.07, 6.45) is 3.32. The molecule has 3 aromatic rings. The van der Waals surface area contributed by atoms with E-state index in [1.54, 1.807) is 66.7 Å². The van der Waals surface area contributed by atoms with Crippen LogP contribution in [0.2, 0.25) is 0 Å². The number of nitrogens with two attached hydrogens (primary N) is 1. The second kappa shape index (κ2) is 9.00. The van der Waals surface area contributed by atoms with Crippen LogP contribution in [0.15, 0.2) is 67.4 Å². The Morgan fingerprint density at radius 1 is 1.17 bits per heavy atom. The fourth-order valence-corrected chi connectivity index (χ4v) is 3.07. The predicted octanol–water partition coefficient (Wildman–Crippen LogP) is 3.55. The molecule has 2 aromatic carbocycles. The van der Waals surface area contributed by atoms with Crippen LogP contribution in [-0.2, 0) is 0 Å². The van der Waals surface area contributed by atoms with Crippen LogP contribution in [0.4, 0.5) is 11.6 Å². The molecule has 0 aliphatic carbocycles. The van der Waals surface area contributed by atoms with E-state index in [0.29, 0.717) is 29.3 Å². The third-order valence-corrected chi connectivity index (χ3v) is 4.67. The predicted molar refractivity (Wildman–Crippen MR) is 118 cm³/mol. The van der Waals surface area contributed by atoms with Gasteiger partial charge in [-0.05, 0) is 48.9 Å². The number of amides is 2. The summed E-state index contributed by atoms with van der Waals surface area (Å²) >= 11 is 0. The number of carbonyl (C=O) groups excluding carboxylic acids is 2. The van der Waals surface area contributed by atoms with Crippen LogP contribution in [0.5, 0.6) is 0 Å². The van der Waals surface area contributed by atoms with Gasteiger partial charge >= 0.3 is 0 Å². The lowest BCUT2D eigenvalue weighted by molar-refractivity contribution is 0.0810. The molecule has 7 heteroatoms. The zero-order valence-electron chi connectivity index (χ0n) is 16.9. The summed E-state index contributed by atoms with van der Waals surface area (Å²) in [5.74, 6) is -0.154. The maximum atomic E-state index is 12.3. The Morgan fingerprint density at radius 2 is 1.90 bits per heavy atom. The maximum Gasteiger partial charge on any atom is 0.253 e. The standard InChI is InChI=1S/C23H23N5O2/c1-4-14-28(3)22(30)16-8-10-17(11-9-16)26-23-25-13-12-20(27-23)18-6-5-7-19(15(18)2)21(24)29/h4-13H,1,14H2,2-3H3,(H2,24,29)(H,25,26,27). The molecule has 0 bridgehead atoms. The van der Waals surface area contributed by atoms with E-state index in [2.05, 4.69) is 21.9 Å². The quantitative estimate of drug-likeness (QED) is 0.590. The van der Waals surface area contributed by atoms with E-state index in [-0.39, 0.29) is 5.91 Å². The number of aromatic nitrogens is 2. The first-order chi connectivity index (χ1) is 14.4. The largest absolute Gasteiger partial charge is 0.366 e. The Hall–Kier alpha value is -4.00. The molecule has 7 nitrogen and oxygen atoms in total. The average Bonchev–Trinajstić information content (AvgIpc) is 2.74. The Labute approximate surface area is 175 Å². The molecule has 0 spiro atoms. The molecule has 0 saturated heterocycles. The molecule has 30 heavy (non-hydrogen) atoms. The smallest absolute Gasteiger partial charge is 0.253 e. The number of primary amides is 1. The fourth-order valence-electron chi connectivity index (χ4n) is 3.07. The van der Waals surface area contributed by atoms with Crippen LogP contribution in [-0.4, -0.2) is 40.3 Å². The summed E-state index contributed by atoms with van der Waals surface area (Å²) in [6.45, 7) is 5.96. The van der Waals surface area contributed by atoms with Crippen LogP contribution in [0.3, 0.4) is 0 Å². The molecule has 1 aromatic heterocycles. The van der Waals surface area contributed by atoms with Crippen molar-refractivity contribution < 1.29 is 9.59 Å². The van der Waals surface area contributed by atoms with Crippen molar-refractivity contribution in [3.8, 4) is 11.3 Å². The van der Waals surface area contributed by atoms with Crippen molar-refractivity contribution in [1.82, 2.24) is 14.9 Å². The molecule has 0 aliphatic rings. The van der Waals surface area contributed by atoms with E-state index in [1.807, 2.05) is 13.0 Å². The molecule has 152 valence electrons. The van der Waals surface area contributed by atoms with E-state index in [4.69, 9.17) is 5.73 Å². The van der Waals surface area contributed by atoms with Crippen molar-refractivity contribution in [3.63, 3.8) is 0 Å². The fraction of sp³-hybridized carbons (Fsp3) is 0.130. The van der Waals surface area contributed by atoms with Gasteiger partial charge in [0, 0.05) is 42.2 Å². The summed E-state index contributed by atoms with van der Waals surface area (Å²) in [4.78, 5) is 34.3. The minimum atomic E-state index is -0.477. The lowest BCUT2D eigenvalue weighted by atomic mass is 9.99. The zero-order chi connectivity index (χ0) is 21.7. The van der Waals surface area contributed by atoms with E-state index in [9.17, 15) is 9.59 Å². The van der Waals surface area contributed by atoms with Gasteiger partial charge in [0.15, 0.2) is 0 Å². The van der Waals surface area contributed by atoms with E-state index in [1.165, 1.54) is 0 Å². The summed E-state index contributed by atoms with van der Waals surface area (Å²) in [5.41, 5.74) is 9.48. The van der Waals surface area contributed by atoms with Gasteiger partial charge in [0.1, 0.15) is 0 Å². The van der Waals surface area contributed by atoms with Gasteiger partial charge in [0.25, 0.3) is 5.91 Å². The zero-order valence-corrected chi connectivity index (χ0v) is 16.9. The van der Waals surface area contributed by atoms with Crippen LogP contribution < -0.4 is 11.1 Å². The molecule has 0 atom stereocenters. The minimum Gasteiger partial charge on any atom is -0.366 e. The lowest BCUT2D eigenvalue weighted by Crippen LogP contribution is -2.26. The minimum absolute atomic E-state index is 0.0792. The normalized spacial score (nSPS) is 10.3. The van der Waals surface area contributed by atoms with Crippen molar-refractivity contribution in [2.75, 3.05) is 18.9 Å². The van der Waals surface area contributed by atoms with Crippen molar-refractivity contribution in [1.29, 1.82) is 0 Å². The van der Waals surface area contributed by atoms with Gasteiger partial charge in [-0.3, -0.25) is 9.59 Å². The topological polar surface area (TPSA) is 101 Å². The molecule has 3 N–H and O–H groups in total. The Bertz CT molecular complexity index is 1090. The van der Waals surface area contributed by atoms with Crippen LogP contribution >= 0.6 is 0 Å². The van der Waals surface area contributed by atoms with Gasteiger partial charge in [-0.2, -0.15) is 0 Å². The number of hydrogen-bond acceptors (Lipinski definition) is 5. The summed E-state index contributed by atoms with van der Waals surface area (Å²) in [6, 6.07) is 14.2. The molecular weight excluding hydrogens is 378 g/mol. The highest BCUT2D eigenvalue weighted by Gasteiger charge is 2.12. The van der Waals surface area contributed by atoms with Crippen molar-refractivity contribution >= 4 is 23.5 Å². The van der Waals surface area contributed by atoms with Crippen LogP contribution in [0.1, 0.15) is 26.3 Å². The highest BCUT2D eigenvalue weighted by Crippen LogP contribution is 2.25. The highest BCUT2D eigenvalue weighted by molar-refractivity contribution is 5.96. The number of nitrogens with zero attached hydrogens (tertiary/aromatic N) is 3. The number of benzene rings is 2. The molecular formula is C23H23N5O2. The number of carbonyl (C=O) groups is 2. The molecule has 0 saturated carbocycles. The molecule has 1 heterocycles. The third-order valence-electron chi connectivity index (χ3n) is 4.67. The molecule has 0 unspecified atom stereocenters. The first-order valence-electron chi connectivity index (χ1n) is 9.37. The second-order valence-corrected chi connectivity index (χ2v) is 6.78. The van der Waals surface area contributed by atoms with Crippen molar-refractivity contribution in [3.05, 3.63) is 84.1 Å². The highest BCUT2D eigenvalue weighted by atomic mass is 16.2. The summed E-state index contributed by atoms with van der Waals surface area (Å²) < 4.78 is 0. The molecule has 3 rings (SSSR count). The summed E-state index contributed by atoms with van der Waals surface area (Å²) in [5, 5.41) is 3.14. The molecule has 2 amide bonds. The first-order valence-corrected chi connectivity index (χ1v) is 9.37. The Kier molecular flexibility index (Phi) is 6.22. The van der Waals surface area contributed by atoms with E-state index < -0.39 is 5.91 Å². The molecule has 0 fully saturated rings. The molecule has 0 aliphatic heterocycles. The van der Waals surface area contributed by atoms with Crippen molar-refractivity contribution in [2.45, 2.75) is 6.92 Å².